The van der Waals surface area contributed by atoms with E-state index in [4.69, 9.17) is 5.73 Å². The second-order valence-electron chi connectivity index (χ2n) is 5.76. The Bertz CT molecular complexity index is 388. The highest BCUT2D eigenvalue weighted by atomic mass is 32.1. The number of hydrogen-bond donors (Lipinski definition) is 1. The lowest BCUT2D eigenvalue weighted by atomic mass is 9.93. The second-order valence-corrected chi connectivity index (χ2v) is 7.08. The molecule has 3 unspecified atom stereocenters. The molecule has 0 bridgehead atoms. The third-order valence-electron chi connectivity index (χ3n) is 4.43. The molecule has 2 rings (SSSR count). The molecule has 0 spiro atoms. The predicted octanol–water partition coefficient (Wildman–Crippen LogP) is 4.10. The van der Waals surface area contributed by atoms with Gasteiger partial charge in [-0.2, -0.15) is 0 Å². The number of thiophene rings is 1. The van der Waals surface area contributed by atoms with Gasteiger partial charge in [0.1, 0.15) is 0 Å². The third-order valence-corrected chi connectivity index (χ3v) is 5.50. The molecule has 1 aliphatic heterocycles. The lowest BCUT2D eigenvalue weighted by molar-refractivity contribution is 0.0776. The van der Waals surface area contributed by atoms with Crippen LogP contribution in [0.25, 0.3) is 0 Å². The summed E-state index contributed by atoms with van der Waals surface area (Å²) in [5.41, 5.74) is 6.47. The number of piperidine rings is 1. The number of aryl methyl sites for hydroxylation is 1. The monoisotopic (exact) mass is 280 g/mol. The van der Waals surface area contributed by atoms with E-state index in [2.05, 4.69) is 37.8 Å². The maximum atomic E-state index is 6.47. The Morgan fingerprint density at radius 3 is 2.74 bits per heavy atom. The lowest BCUT2D eigenvalue weighted by Crippen LogP contribution is -2.47. The minimum atomic E-state index is 0.255. The minimum absolute atomic E-state index is 0.255. The quantitative estimate of drug-likeness (QED) is 0.880. The number of hydrogen-bond acceptors (Lipinski definition) is 3. The van der Waals surface area contributed by atoms with Crippen molar-refractivity contribution in [2.75, 3.05) is 6.54 Å². The van der Waals surface area contributed by atoms with Crippen LogP contribution in [-0.4, -0.2) is 23.5 Å². The van der Waals surface area contributed by atoms with Crippen LogP contribution in [0.15, 0.2) is 12.1 Å². The standard InChI is InChI=1S/C16H28N2S/c1-4-13-8-6-7-11-18(13)16(14(17)5-2)15-10-9-12(3)19-15/h9-10,13-14,16H,4-8,11,17H2,1-3H3. The van der Waals surface area contributed by atoms with Crippen molar-refractivity contribution in [1.82, 2.24) is 4.90 Å². The smallest absolute Gasteiger partial charge is 0.0595 e. The molecule has 3 heteroatoms. The normalized spacial score (nSPS) is 24.3. The predicted molar refractivity (Wildman–Crippen MR) is 84.7 cm³/mol. The van der Waals surface area contributed by atoms with Crippen molar-refractivity contribution in [3.8, 4) is 0 Å². The molecule has 2 heterocycles. The highest BCUT2D eigenvalue weighted by Crippen LogP contribution is 2.35. The summed E-state index contributed by atoms with van der Waals surface area (Å²) < 4.78 is 0. The van der Waals surface area contributed by atoms with Crippen molar-refractivity contribution in [2.24, 2.45) is 5.73 Å². The summed E-state index contributed by atoms with van der Waals surface area (Å²) in [6.07, 6.45) is 6.35. The van der Waals surface area contributed by atoms with Gasteiger partial charge < -0.3 is 5.73 Å². The molecule has 0 saturated carbocycles. The second kappa shape index (κ2) is 6.87. The van der Waals surface area contributed by atoms with E-state index < -0.39 is 0 Å². The SMILES string of the molecule is CCC(N)C(c1ccc(C)s1)N1CCCCC1CC. The molecule has 108 valence electrons. The fourth-order valence-corrected chi connectivity index (χ4v) is 4.36. The van der Waals surface area contributed by atoms with Crippen LogP contribution in [0, 0.1) is 6.92 Å². The number of nitrogens with zero attached hydrogens (tertiary/aromatic N) is 1. The molecule has 0 aliphatic carbocycles. The molecular weight excluding hydrogens is 252 g/mol. The first-order chi connectivity index (χ1) is 9.17. The van der Waals surface area contributed by atoms with E-state index >= 15 is 0 Å². The van der Waals surface area contributed by atoms with Crippen molar-refractivity contribution in [3.05, 3.63) is 21.9 Å². The minimum Gasteiger partial charge on any atom is -0.326 e. The summed E-state index contributed by atoms with van der Waals surface area (Å²) in [6.45, 7) is 7.93. The average molecular weight is 280 g/mol. The zero-order chi connectivity index (χ0) is 13.8. The van der Waals surface area contributed by atoms with E-state index in [9.17, 15) is 0 Å². The molecule has 2 nitrogen and oxygen atoms in total. The first-order valence-corrected chi connectivity index (χ1v) is 8.56. The highest BCUT2D eigenvalue weighted by molar-refractivity contribution is 7.12. The van der Waals surface area contributed by atoms with Gasteiger partial charge in [-0.3, -0.25) is 4.90 Å². The Labute approximate surface area is 122 Å². The van der Waals surface area contributed by atoms with E-state index in [1.54, 1.807) is 0 Å². The molecule has 3 atom stereocenters. The molecule has 1 aromatic rings. The Hall–Kier alpha value is -0.380. The fraction of sp³-hybridized carbons (Fsp3) is 0.750. The Morgan fingerprint density at radius 1 is 1.37 bits per heavy atom. The van der Waals surface area contributed by atoms with Gasteiger partial charge in [-0.15, -0.1) is 11.3 Å². The van der Waals surface area contributed by atoms with E-state index in [0.29, 0.717) is 6.04 Å². The summed E-state index contributed by atoms with van der Waals surface area (Å²) in [7, 11) is 0. The molecule has 0 aromatic carbocycles. The average Bonchev–Trinajstić information content (AvgIpc) is 2.85. The summed E-state index contributed by atoms with van der Waals surface area (Å²) in [5, 5.41) is 0. The van der Waals surface area contributed by atoms with Crippen LogP contribution in [0.5, 0.6) is 0 Å². The zero-order valence-electron chi connectivity index (χ0n) is 12.6. The maximum Gasteiger partial charge on any atom is 0.0595 e. The van der Waals surface area contributed by atoms with Crippen LogP contribution >= 0.6 is 11.3 Å². The third kappa shape index (κ3) is 3.39. The summed E-state index contributed by atoms with van der Waals surface area (Å²) >= 11 is 1.92. The number of nitrogens with two attached hydrogens (primary N) is 1. The largest absolute Gasteiger partial charge is 0.326 e. The first kappa shape index (κ1) is 15.0. The maximum absolute atomic E-state index is 6.47. The van der Waals surface area contributed by atoms with Gasteiger partial charge in [0.25, 0.3) is 0 Å². The van der Waals surface area contributed by atoms with Crippen molar-refractivity contribution in [3.63, 3.8) is 0 Å². The van der Waals surface area contributed by atoms with Crippen molar-refractivity contribution in [2.45, 2.75) is 71.0 Å². The Kier molecular flexibility index (Phi) is 5.43. The Balaban J connectivity index is 2.26. The molecule has 1 aliphatic rings. The van der Waals surface area contributed by atoms with Gasteiger partial charge in [0.2, 0.25) is 0 Å². The fourth-order valence-electron chi connectivity index (χ4n) is 3.28. The van der Waals surface area contributed by atoms with Crippen LogP contribution in [0.1, 0.15) is 61.7 Å². The lowest BCUT2D eigenvalue weighted by Gasteiger charge is -2.43. The van der Waals surface area contributed by atoms with Gasteiger partial charge in [-0.25, -0.2) is 0 Å². The molecule has 0 radical (unpaired) electrons. The molecule has 1 aromatic heterocycles. The number of rotatable bonds is 5. The first-order valence-electron chi connectivity index (χ1n) is 7.75. The Morgan fingerprint density at radius 2 is 2.16 bits per heavy atom. The van der Waals surface area contributed by atoms with Gasteiger partial charge in [0.05, 0.1) is 6.04 Å². The van der Waals surface area contributed by atoms with Gasteiger partial charge in [0, 0.05) is 21.8 Å². The molecule has 2 N–H and O–H groups in total. The summed E-state index contributed by atoms with van der Waals surface area (Å²) in [4.78, 5) is 5.56. The van der Waals surface area contributed by atoms with Crippen LogP contribution in [0.3, 0.4) is 0 Å². The topological polar surface area (TPSA) is 29.3 Å². The highest BCUT2D eigenvalue weighted by Gasteiger charge is 2.32. The number of likely N-dealkylation sites (tertiary alicyclic amines) is 1. The molecule has 1 saturated heterocycles. The van der Waals surface area contributed by atoms with Gasteiger partial charge in [-0.05, 0) is 51.3 Å². The molecule has 19 heavy (non-hydrogen) atoms. The summed E-state index contributed by atoms with van der Waals surface area (Å²) in [6, 6.07) is 5.93. The van der Waals surface area contributed by atoms with Crippen molar-refractivity contribution in [1.29, 1.82) is 0 Å². The van der Waals surface area contributed by atoms with Crippen LogP contribution in [0.2, 0.25) is 0 Å². The van der Waals surface area contributed by atoms with E-state index in [1.807, 2.05) is 11.3 Å². The van der Waals surface area contributed by atoms with E-state index in [-0.39, 0.29) is 6.04 Å². The zero-order valence-corrected chi connectivity index (χ0v) is 13.4. The van der Waals surface area contributed by atoms with E-state index in [0.717, 1.165) is 12.5 Å². The van der Waals surface area contributed by atoms with E-state index in [1.165, 1.54) is 42.0 Å². The van der Waals surface area contributed by atoms with Gasteiger partial charge in [-0.1, -0.05) is 20.3 Å². The van der Waals surface area contributed by atoms with Crippen LogP contribution in [0.4, 0.5) is 0 Å². The van der Waals surface area contributed by atoms with Crippen LogP contribution < -0.4 is 5.73 Å². The van der Waals surface area contributed by atoms with Gasteiger partial charge in [0.15, 0.2) is 0 Å². The summed E-state index contributed by atoms with van der Waals surface area (Å²) in [5.74, 6) is 0. The van der Waals surface area contributed by atoms with Crippen LogP contribution in [-0.2, 0) is 0 Å². The molecule has 1 fully saturated rings. The molecular formula is C16H28N2S. The van der Waals surface area contributed by atoms with Crippen molar-refractivity contribution < 1.29 is 0 Å². The van der Waals surface area contributed by atoms with Gasteiger partial charge >= 0.3 is 0 Å². The molecule has 0 amide bonds. The van der Waals surface area contributed by atoms with Crippen molar-refractivity contribution >= 4 is 11.3 Å².